The molecule has 0 bridgehead atoms. The molecule has 11 heteroatoms. The molecule has 3 unspecified atom stereocenters. The second-order valence-corrected chi connectivity index (χ2v) is 12.7. The fourth-order valence-electron chi connectivity index (χ4n) is 4.48. The van der Waals surface area contributed by atoms with Gasteiger partial charge in [0.15, 0.2) is 0 Å². The number of hydrogen-bond acceptors (Lipinski definition) is 8. The van der Waals surface area contributed by atoms with Crippen LogP contribution in [0.25, 0.3) is 0 Å². The zero-order valence-electron chi connectivity index (χ0n) is 27.0. The van der Waals surface area contributed by atoms with Crippen LogP contribution in [0.5, 0.6) is 0 Å². The first-order chi connectivity index (χ1) is 20.5. The summed E-state index contributed by atoms with van der Waals surface area (Å²) in [5, 5.41) is 25.2. The van der Waals surface area contributed by atoms with E-state index in [1.54, 1.807) is 60.6 Å². The Bertz CT molecular complexity index is 1280. The van der Waals surface area contributed by atoms with E-state index in [9.17, 15) is 29.4 Å². The summed E-state index contributed by atoms with van der Waals surface area (Å²) in [4.78, 5) is 55.1. The van der Waals surface area contributed by atoms with Crippen molar-refractivity contribution in [2.24, 2.45) is 0 Å². The van der Waals surface area contributed by atoms with Crippen LogP contribution in [-0.4, -0.2) is 82.0 Å². The third kappa shape index (κ3) is 11.3. The molecule has 0 saturated carbocycles. The number of amides is 3. The number of aliphatic hydroxyl groups excluding tert-OH is 2. The lowest BCUT2D eigenvalue weighted by Gasteiger charge is -2.35. The van der Waals surface area contributed by atoms with Gasteiger partial charge in [-0.15, -0.1) is 0 Å². The van der Waals surface area contributed by atoms with Crippen LogP contribution in [0, 0.1) is 13.8 Å². The third-order valence-corrected chi connectivity index (χ3v) is 6.38. The summed E-state index contributed by atoms with van der Waals surface area (Å²) in [5.74, 6) is -2.19. The smallest absolute Gasteiger partial charge is 0.408 e. The molecule has 3 atom stereocenters. The number of carbonyl (C=O) groups excluding carboxylic acids is 4. The fraction of sp³-hybridized carbons (Fsp3) is 0.515. The SMILES string of the molecule is Cc1ccc(C)c(C(C(=O)NC(Cc2ccccc2)C(=O)OC(C)(C)C)N(CCO)C(=O)C(CO)NC(=O)OC(C)(C)C)c1. The summed E-state index contributed by atoms with van der Waals surface area (Å²) in [6.07, 6.45) is -0.816. The van der Waals surface area contributed by atoms with Crippen LogP contribution in [0.4, 0.5) is 4.79 Å². The first-order valence-corrected chi connectivity index (χ1v) is 14.6. The number of aryl methyl sites for hydroxylation is 2. The molecule has 44 heavy (non-hydrogen) atoms. The van der Waals surface area contributed by atoms with E-state index in [0.717, 1.165) is 16.0 Å². The number of alkyl carbamates (subject to hydrolysis) is 1. The van der Waals surface area contributed by atoms with Gasteiger partial charge in [-0.2, -0.15) is 0 Å². The van der Waals surface area contributed by atoms with Gasteiger partial charge in [0, 0.05) is 13.0 Å². The summed E-state index contributed by atoms with van der Waals surface area (Å²) in [6, 6.07) is 10.6. The second-order valence-electron chi connectivity index (χ2n) is 12.7. The Kier molecular flexibility index (Phi) is 12.9. The molecule has 0 radical (unpaired) electrons. The molecule has 0 aliphatic heterocycles. The van der Waals surface area contributed by atoms with Gasteiger partial charge in [0.1, 0.15) is 29.3 Å². The van der Waals surface area contributed by atoms with Gasteiger partial charge in [-0.3, -0.25) is 9.59 Å². The van der Waals surface area contributed by atoms with Gasteiger partial charge in [0.2, 0.25) is 11.8 Å². The first-order valence-electron chi connectivity index (χ1n) is 14.6. The van der Waals surface area contributed by atoms with E-state index in [-0.39, 0.29) is 13.0 Å². The minimum atomic E-state index is -1.48. The number of ether oxygens (including phenoxy) is 2. The molecule has 0 fully saturated rings. The lowest BCUT2D eigenvalue weighted by atomic mass is 9.95. The lowest BCUT2D eigenvalue weighted by molar-refractivity contribution is -0.159. The molecular formula is C33H47N3O8. The maximum atomic E-state index is 14.3. The number of nitrogens with one attached hydrogen (secondary N) is 2. The van der Waals surface area contributed by atoms with E-state index < -0.39 is 66.4 Å². The Balaban J connectivity index is 2.58. The number of rotatable bonds is 12. The predicted octanol–water partition coefficient (Wildman–Crippen LogP) is 3.12. The zero-order valence-corrected chi connectivity index (χ0v) is 27.0. The molecule has 242 valence electrons. The molecule has 0 spiro atoms. The second kappa shape index (κ2) is 15.7. The summed E-state index contributed by atoms with van der Waals surface area (Å²) >= 11 is 0. The molecule has 0 aliphatic rings. The molecule has 2 aromatic carbocycles. The van der Waals surface area contributed by atoms with E-state index in [4.69, 9.17) is 9.47 Å². The fourth-order valence-corrected chi connectivity index (χ4v) is 4.48. The number of carbonyl (C=O) groups is 4. The van der Waals surface area contributed by atoms with Gasteiger partial charge in [-0.1, -0.05) is 54.1 Å². The number of esters is 1. The summed E-state index contributed by atoms with van der Waals surface area (Å²) in [5.41, 5.74) is 0.999. The van der Waals surface area contributed by atoms with Gasteiger partial charge < -0.3 is 35.2 Å². The van der Waals surface area contributed by atoms with Crippen LogP contribution in [0.3, 0.4) is 0 Å². The normalized spacial score (nSPS) is 13.7. The van der Waals surface area contributed by atoms with Gasteiger partial charge in [0.25, 0.3) is 0 Å². The Morgan fingerprint density at radius 1 is 0.841 bits per heavy atom. The maximum Gasteiger partial charge on any atom is 0.408 e. The molecule has 0 aromatic heterocycles. The largest absolute Gasteiger partial charge is 0.458 e. The van der Waals surface area contributed by atoms with Gasteiger partial charge in [0.05, 0.1) is 13.2 Å². The minimum Gasteiger partial charge on any atom is -0.458 e. The first kappa shape index (κ1) is 36.2. The van der Waals surface area contributed by atoms with Crippen LogP contribution in [0.2, 0.25) is 0 Å². The van der Waals surface area contributed by atoms with Crippen LogP contribution < -0.4 is 10.6 Å². The third-order valence-electron chi connectivity index (χ3n) is 6.38. The van der Waals surface area contributed by atoms with Gasteiger partial charge in [-0.25, -0.2) is 9.59 Å². The molecule has 11 nitrogen and oxygen atoms in total. The highest BCUT2D eigenvalue weighted by Crippen LogP contribution is 2.27. The molecule has 0 aliphatic carbocycles. The Morgan fingerprint density at radius 2 is 1.45 bits per heavy atom. The zero-order chi connectivity index (χ0) is 33.2. The van der Waals surface area contributed by atoms with Crippen molar-refractivity contribution < 1.29 is 38.9 Å². The topological polar surface area (TPSA) is 154 Å². The van der Waals surface area contributed by atoms with Crippen molar-refractivity contribution >= 4 is 23.9 Å². The quantitative estimate of drug-likeness (QED) is 0.266. The standard InChI is InChI=1S/C33H47N3O8/c1-21-14-15-22(2)24(18-21)27(36(16-17-37)29(40)26(20-38)35-31(42)44-33(6,7)8)28(39)34-25(30(41)43-32(3,4)5)19-23-12-10-9-11-13-23/h9-15,18,25-27,37-38H,16-17,19-20H2,1-8H3,(H,34,39)(H,35,42). The van der Waals surface area contributed by atoms with Crippen molar-refractivity contribution in [3.05, 3.63) is 70.8 Å². The van der Waals surface area contributed by atoms with Gasteiger partial charge in [-0.05, 0) is 72.1 Å². The molecule has 3 amide bonds. The highest BCUT2D eigenvalue weighted by molar-refractivity contribution is 5.94. The van der Waals surface area contributed by atoms with Crippen molar-refractivity contribution in [1.82, 2.24) is 15.5 Å². The molecule has 2 aromatic rings. The Hall–Kier alpha value is -3.96. The maximum absolute atomic E-state index is 14.3. The van der Waals surface area contributed by atoms with E-state index >= 15 is 0 Å². The molecule has 0 saturated heterocycles. The van der Waals surface area contributed by atoms with Crippen molar-refractivity contribution in [1.29, 1.82) is 0 Å². The van der Waals surface area contributed by atoms with Crippen LogP contribution in [0.15, 0.2) is 48.5 Å². The number of benzene rings is 2. The van der Waals surface area contributed by atoms with Crippen molar-refractivity contribution in [3.63, 3.8) is 0 Å². The highest BCUT2D eigenvalue weighted by atomic mass is 16.6. The van der Waals surface area contributed by atoms with E-state index in [2.05, 4.69) is 10.6 Å². The van der Waals surface area contributed by atoms with Crippen LogP contribution >= 0.6 is 0 Å². The Morgan fingerprint density at radius 3 is 2.00 bits per heavy atom. The molecule has 0 heterocycles. The summed E-state index contributed by atoms with van der Waals surface area (Å²) < 4.78 is 10.9. The van der Waals surface area contributed by atoms with Crippen molar-refractivity contribution in [2.75, 3.05) is 19.8 Å². The van der Waals surface area contributed by atoms with E-state index in [1.165, 1.54) is 0 Å². The molecule has 4 N–H and O–H groups in total. The highest BCUT2D eigenvalue weighted by Gasteiger charge is 2.38. The number of nitrogens with zero attached hydrogens (tertiary/aromatic N) is 1. The monoisotopic (exact) mass is 613 g/mol. The summed E-state index contributed by atoms with van der Waals surface area (Å²) in [6.45, 7) is 12.1. The lowest BCUT2D eigenvalue weighted by Crippen LogP contribution is -2.56. The van der Waals surface area contributed by atoms with Crippen LogP contribution in [0.1, 0.15) is 69.8 Å². The number of aliphatic hydroxyl groups is 2. The average Bonchev–Trinajstić information content (AvgIpc) is 2.91. The van der Waals surface area contributed by atoms with Crippen molar-refractivity contribution in [2.45, 2.75) is 91.1 Å². The predicted molar refractivity (Wildman–Crippen MR) is 166 cm³/mol. The molecular weight excluding hydrogens is 566 g/mol. The number of hydrogen-bond donors (Lipinski definition) is 4. The van der Waals surface area contributed by atoms with E-state index in [0.29, 0.717) is 11.1 Å². The van der Waals surface area contributed by atoms with Crippen LogP contribution in [-0.2, 0) is 30.3 Å². The minimum absolute atomic E-state index is 0.119. The summed E-state index contributed by atoms with van der Waals surface area (Å²) in [7, 11) is 0. The van der Waals surface area contributed by atoms with Crippen molar-refractivity contribution in [3.8, 4) is 0 Å². The average molecular weight is 614 g/mol. The Labute approximate surface area is 259 Å². The molecule has 2 rings (SSSR count). The van der Waals surface area contributed by atoms with Gasteiger partial charge >= 0.3 is 12.1 Å². The van der Waals surface area contributed by atoms with E-state index in [1.807, 2.05) is 43.3 Å².